The number of rotatable bonds is 4. The second-order valence-corrected chi connectivity index (χ2v) is 5.67. The molecule has 1 aliphatic rings. The van der Waals surface area contributed by atoms with Crippen LogP contribution in [0.1, 0.15) is 10.8 Å². The molecule has 1 fully saturated rings. The highest BCUT2D eigenvalue weighted by Gasteiger charge is 2.54. The molecule has 17 heavy (non-hydrogen) atoms. The van der Waals surface area contributed by atoms with Crippen LogP contribution in [-0.2, 0) is 14.3 Å². The number of hydrogen-bond acceptors (Lipinski definition) is 4. The summed E-state index contributed by atoms with van der Waals surface area (Å²) in [6.45, 7) is 3.71. The smallest absolute Gasteiger partial charge is 0.333 e. The van der Waals surface area contributed by atoms with E-state index in [4.69, 9.17) is 11.6 Å². The van der Waals surface area contributed by atoms with E-state index in [2.05, 4.69) is 11.3 Å². The van der Waals surface area contributed by atoms with E-state index < -0.39 is 5.97 Å². The SMILES string of the molecule is C=C(C(=O)OC)C1C(C=O)C1c1ccc(Cl)s1. The number of hydrogen-bond donors (Lipinski definition) is 0. The van der Waals surface area contributed by atoms with Gasteiger partial charge in [0.05, 0.1) is 11.4 Å². The summed E-state index contributed by atoms with van der Waals surface area (Å²) in [5.41, 5.74) is 0.360. The summed E-state index contributed by atoms with van der Waals surface area (Å²) in [6, 6.07) is 3.68. The highest BCUT2D eigenvalue weighted by Crippen LogP contribution is 2.58. The van der Waals surface area contributed by atoms with Crippen molar-refractivity contribution in [2.75, 3.05) is 7.11 Å². The molecule has 1 aromatic heterocycles. The molecule has 0 spiro atoms. The lowest BCUT2D eigenvalue weighted by Crippen LogP contribution is -2.06. The zero-order chi connectivity index (χ0) is 12.6. The summed E-state index contributed by atoms with van der Waals surface area (Å²) < 4.78 is 5.30. The maximum Gasteiger partial charge on any atom is 0.333 e. The molecule has 5 heteroatoms. The van der Waals surface area contributed by atoms with E-state index in [0.717, 1.165) is 11.2 Å². The van der Waals surface area contributed by atoms with Crippen LogP contribution in [0, 0.1) is 11.8 Å². The van der Waals surface area contributed by atoms with Crippen molar-refractivity contribution in [1.29, 1.82) is 0 Å². The van der Waals surface area contributed by atoms with Gasteiger partial charge in [0.1, 0.15) is 6.29 Å². The molecule has 0 aliphatic heterocycles. The Kier molecular flexibility index (Phi) is 3.35. The average Bonchev–Trinajstić information content (AvgIpc) is 2.92. The minimum Gasteiger partial charge on any atom is -0.466 e. The summed E-state index contributed by atoms with van der Waals surface area (Å²) in [5.74, 6) is -0.755. The van der Waals surface area contributed by atoms with Crippen LogP contribution < -0.4 is 0 Å². The van der Waals surface area contributed by atoms with Crippen molar-refractivity contribution < 1.29 is 14.3 Å². The summed E-state index contributed by atoms with van der Waals surface area (Å²) in [4.78, 5) is 23.4. The van der Waals surface area contributed by atoms with E-state index in [0.29, 0.717) is 9.91 Å². The second kappa shape index (κ2) is 4.63. The van der Waals surface area contributed by atoms with Gasteiger partial charge in [-0.25, -0.2) is 4.79 Å². The highest BCUT2D eigenvalue weighted by atomic mass is 35.5. The highest BCUT2D eigenvalue weighted by molar-refractivity contribution is 7.16. The molecule has 1 heterocycles. The first-order chi connectivity index (χ1) is 8.10. The largest absolute Gasteiger partial charge is 0.466 e. The lowest BCUT2D eigenvalue weighted by Gasteiger charge is -2.00. The molecule has 1 saturated carbocycles. The van der Waals surface area contributed by atoms with Gasteiger partial charge >= 0.3 is 5.97 Å². The van der Waals surface area contributed by atoms with Gasteiger partial charge in [0.25, 0.3) is 0 Å². The van der Waals surface area contributed by atoms with Crippen molar-refractivity contribution in [1.82, 2.24) is 0 Å². The predicted molar refractivity (Wildman–Crippen MR) is 66.3 cm³/mol. The molecule has 0 N–H and O–H groups in total. The topological polar surface area (TPSA) is 43.4 Å². The normalized spacial score (nSPS) is 26.4. The van der Waals surface area contributed by atoms with Gasteiger partial charge in [-0.1, -0.05) is 18.2 Å². The van der Waals surface area contributed by atoms with E-state index in [-0.39, 0.29) is 17.8 Å². The van der Waals surface area contributed by atoms with Gasteiger partial charge in [-0.05, 0) is 12.1 Å². The minimum absolute atomic E-state index is 0.0246. The standard InChI is InChI=1S/C12H11ClO3S/c1-6(12(15)16-2)10-7(5-14)11(10)8-3-4-9(13)17-8/h3-5,7,10-11H,1H2,2H3. The van der Waals surface area contributed by atoms with E-state index in [1.807, 2.05) is 6.07 Å². The molecular formula is C12H11ClO3S. The third-order valence-electron chi connectivity index (χ3n) is 3.00. The Morgan fingerprint density at radius 2 is 2.29 bits per heavy atom. The van der Waals surface area contributed by atoms with Crippen LogP contribution in [0.3, 0.4) is 0 Å². The molecule has 1 aromatic rings. The third kappa shape index (κ3) is 2.15. The number of halogens is 1. The van der Waals surface area contributed by atoms with Crippen LogP contribution in [0.5, 0.6) is 0 Å². The number of carbonyl (C=O) groups is 2. The van der Waals surface area contributed by atoms with Gasteiger partial charge in [0.2, 0.25) is 0 Å². The van der Waals surface area contributed by atoms with Gasteiger partial charge in [-0.15, -0.1) is 11.3 Å². The zero-order valence-electron chi connectivity index (χ0n) is 9.18. The second-order valence-electron chi connectivity index (χ2n) is 3.92. The van der Waals surface area contributed by atoms with Gasteiger partial charge in [0, 0.05) is 28.2 Å². The molecule has 0 radical (unpaired) electrons. The number of methoxy groups -OCH3 is 1. The monoisotopic (exact) mass is 270 g/mol. The molecule has 0 aromatic carbocycles. The van der Waals surface area contributed by atoms with E-state index >= 15 is 0 Å². The van der Waals surface area contributed by atoms with Crippen LogP contribution in [0.25, 0.3) is 0 Å². The van der Waals surface area contributed by atoms with Crippen molar-refractivity contribution in [3.63, 3.8) is 0 Å². The molecule has 1 aliphatic carbocycles. The van der Waals surface area contributed by atoms with Crippen molar-refractivity contribution in [2.45, 2.75) is 5.92 Å². The fraction of sp³-hybridized carbons (Fsp3) is 0.333. The van der Waals surface area contributed by atoms with Crippen LogP contribution in [0.4, 0.5) is 0 Å². The van der Waals surface area contributed by atoms with Crippen molar-refractivity contribution in [2.24, 2.45) is 11.8 Å². The molecule has 3 atom stereocenters. The van der Waals surface area contributed by atoms with Crippen molar-refractivity contribution in [3.8, 4) is 0 Å². The van der Waals surface area contributed by atoms with Crippen molar-refractivity contribution in [3.05, 3.63) is 33.5 Å². The molecule has 0 amide bonds. The number of ether oxygens (including phenoxy) is 1. The molecule has 3 nitrogen and oxygen atoms in total. The third-order valence-corrected chi connectivity index (χ3v) is 4.34. The molecule has 0 bridgehead atoms. The van der Waals surface area contributed by atoms with Crippen LogP contribution in [0.2, 0.25) is 4.34 Å². The van der Waals surface area contributed by atoms with Crippen molar-refractivity contribution >= 4 is 35.2 Å². The predicted octanol–water partition coefficient (Wildman–Crippen LogP) is 2.66. The van der Waals surface area contributed by atoms with Gasteiger partial charge < -0.3 is 9.53 Å². The Hall–Kier alpha value is -1.13. The number of esters is 1. The van der Waals surface area contributed by atoms with Crippen LogP contribution in [0.15, 0.2) is 24.3 Å². The molecule has 90 valence electrons. The number of thiophene rings is 1. The van der Waals surface area contributed by atoms with Gasteiger partial charge in [0.15, 0.2) is 0 Å². The summed E-state index contributed by atoms with van der Waals surface area (Å²) in [6.07, 6.45) is 0.872. The summed E-state index contributed by atoms with van der Waals surface area (Å²) >= 11 is 7.29. The van der Waals surface area contributed by atoms with Crippen LogP contribution in [-0.4, -0.2) is 19.4 Å². The first-order valence-electron chi connectivity index (χ1n) is 5.07. The van der Waals surface area contributed by atoms with E-state index in [9.17, 15) is 9.59 Å². The number of carbonyl (C=O) groups excluding carboxylic acids is 2. The average molecular weight is 271 g/mol. The van der Waals surface area contributed by atoms with Crippen LogP contribution >= 0.6 is 22.9 Å². The Labute approximate surface area is 108 Å². The lowest BCUT2D eigenvalue weighted by atomic mass is 10.1. The van der Waals surface area contributed by atoms with Gasteiger partial charge in [-0.2, -0.15) is 0 Å². The van der Waals surface area contributed by atoms with E-state index in [1.54, 1.807) is 6.07 Å². The molecule has 3 unspecified atom stereocenters. The Morgan fingerprint density at radius 3 is 2.76 bits per heavy atom. The quantitative estimate of drug-likeness (QED) is 0.480. The maximum absolute atomic E-state index is 11.4. The first kappa shape index (κ1) is 12.3. The molecular weight excluding hydrogens is 260 g/mol. The Bertz CT molecular complexity index is 480. The molecule has 2 rings (SSSR count). The first-order valence-corrected chi connectivity index (χ1v) is 6.27. The maximum atomic E-state index is 11.4. The Balaban J connectivity index is 2.18. The zero-order valence-corrected chi connectivity index (χ0v) is 10.8. The fourth-order valence-corrected chi connectivity index (χ4v) is 3.36. The number of aldehydes is 1. The minimum atomic E-state index is -0.452. The Morgan fingerprint density at radius 1 is 1.59 bits per heavy atom. The van der Waals surface area contributed by atoms with E-state index in [1.165, 1.54) is 18.4 Å². The van der Waals surface area contributed by atoms with Gasteiger partial charge in [-0.3, -0.25) is 0 Å². The summed E-state index contributed by atoms with van der Waals surface area (Å²) in [7, 11) is 1.31. The molecule has 0 saturated heterocycles. The lowest BCUT2D eigenvalue weighted by molar-refractivity contribution is -0.136. The summed E-state index contributed by atoms with van der Waals surface area (Å²) in [5, 5.41) is 0. The fourth-order valence-electron chi connectivity index (χ4n) is 2.09.